The van der Waals surface area contributed by atoms with Gasteiger partial charge in [0.2, 0.25) is 0 Å². The Hall–Kier alpha value is -1.71. The van der Waals surface area contributed by atoms with Crippen LogP contribution in [0.1, 0.15) is 15.9 Å². The third-order valence-corrected chi connectivity index (χ3v) is 3.37. The molecule has 0 aromatic heterocycles. The zero-order valence-corrected chi connectivity index (χ0v) is 13.4. The Labute approximate surface area is 134 Å². The minimum absolute atomic E-state index is 0.0237. The number of hydrogen-bond donors (Lipinski definition) is 1. The second-order valence-corrected chi connectivity index (χ2v) is 5.78. The van der Waals surface area contributed by atoms with E-state index in [4.69, 9.17) is 23.2 Å². The zero-order chi connectivity index (χ0) is 15.4. The molecule has 1 N–H and O–H groups in total. The Balaban J connectivity index is 2.10. The van der Waals surface area contributed by atoms with Crippen LogP contribution in [-0.4, -0.2) is 24.9 Å². The van der Waals surface area contributed by atoms with Crippen LogP contribution in [0, 0.1) is 0 Å². The van der Waals surface area contributed by atoms with E-state index in [-0.39, 0.29) is 5.91 Å². The van der Waals surface area contributed by atoms with Crippen molar-refractivity contribution >= 4 is 34.8 Å². The first-order chi connectivity index (χ1) is 9.95. The molecule has 2 rings (SSSR count). The third-order valence-electron chi connectivity index (χ3n) is 2.93. The highest BCUT2D eigenvalue weighted by molar-refractivity contribution is 6.34. The molecule has 110 valence electrons. The molecule has 3 nitrogen and oxygen atoms in total. The standard InChI is InChI=1S/C16H16Cl2N2O/c1-20(2)16(21)12-4-3-5-15(8-12)19-10-11-6-13(17)9-14(18)7-11/h3-9,19H,10H2,1-2H3. The number of nitrogens with zero attached hydrogens (tertiary/aromatic N) is 1. The van der Waals surface area contributed by atoms with Gasteiger partial charge < -0.3 is 10.2 Å². The molecule has 2 aromatic rings. The van der Waals surface area contributed by atoms with Crippen molar-refractivity contribution in [1.82, 2.24) is 4.90 Å². The van der Waals surface area contributed by atoms with Gasteiger partial charge in [0.25, 0.3) is 5.91 Å². The molecule has 0 heterocycles. The molecule has 1 amide bonds. The second kappa shape index (κ2) is 6.83. The van der Waals surface area contributed by atoms with Gasteiger partial charge in [-0.3, -0.25) is 4.79 Å². The van der Waals surface area contributed by atoms with Crippen molar-refractivity contribution in [1.29, 1.82) is 0 Å². The molecule has 0 fully saturated rings. The van der Waals surface area contributed by atoms with Gasteiger partial charge in [0.1, 0.15) is 0 Å². The normalized spacial score (nSPS) is 10.3. The first-order valence-electron chi connectivity index (χ1n) is 6.46. The molecule has 0 spiro atoms. The molecule has 21 heavy (non-hydrogen) atoms. The molecular weight excluding hydrogens is 307 g/mol. The maximum absolute atomic E-state index is 11.9. The van der Waals surface area contributed by atoms with Gasteiger partial charge in [-0.05, 0) is 42.0 Å². The fourth-order valence-corrected chi connectivity index (χ4v) is 2.51. The Morgan fingerprint density at radius 2 is 1.76 bits per heavy atom. The van der Waals surface area contributed by atoms with E-state index < -0.39 is 0 Å². The van der Waals surface area contributed by atoms with E-state index in [0.717, 1.165) is 11.3 Å². The van der Waals surface area contributed by atoms with Gasteiger partial charge in [-0.1, -0.05) is 29.3 Å². The maximum Gasteiger partial charge on any atom is 0.253 e. The monoisotopic (exact) mass is 322 g/mol. The summed E-state index contributed by atoms with van der Waals surface area (Å²) in [4.78, 5) is 13.5. The molecule has 0 unspecified atom stereocenters. The largest absolute Gasteiger partial charge is 0.381 e. The van der Waals surface area contributed by atoms with E-state index in [1.54, 1.807) is 31.1 Å². The average Bonchev–Trinajstić information content (AvgIpc) is 2.43. The van der Waals surface area contributed by atoms with Crippen LogP contribution in [0.5, 0.6) is 0 Å². The van der Waals surface area contributed by atoms with Crippen molar-refractivity contribution in [2.45, 2.75) is 6.54 Å². The fraction of sp³-hybridized carbons (Fsp3) is 0.188. The lowest BCUT2D eigenvalue weighted by molar-refractivity contribution is 0.0827. The number of rotatable bonds is 4. The smallest absolute Gasteiger partial charge is 0.253 e. The topological polar surface area (TPSA) is 32.3 Å². The third kappa shape index (κ3) is 4.38. The van der Waals surface area contributed by atoms with Crippen molar-refractivity contribution in [3.05, 3.63) is 63.6 Å². The van der Waals surface area contributed by atoms with Gasteiger partial charge in [-0.2, -0.15) is 0 Å². The Kier molecular flexibility index (Phi) is 5.10. The lowest BCUT2D eigenvalue weighted by Gasteiger charge is -2.12. The number of halogens is 2. The van der Waals surface area contributed by atoms with Crippen LogP contribution < -0.4 is 5.32 Å². The zero-order valence-electron chi connectivity index (χ0n) is 11.9. The summed E-state index contributed by atoms with van der Waals surface area (Å²) in [6.45, 7) is 0.583. The van der Waals surface area contributed by atoms with E-state index in [2.05, 4.69) is 5.32 Å². The van der Waals surface area contributed by atoms with Crippen LogP contribution in [0.4, 0.5) is 5.69 Å². The second-order valence-electron chi connectivity index (χ2n) is 4.91. The Morgan fingerprint density at radius 3 is 2.38 bits per heavy atom. The van der Waals surface area contributed by atoms with Crippen LogP contribution in [-0.2, 0) is 6.54 Å². The summed E-state index contributed by atoms with van der Waals surface area (Å²) >= 11 is 11.9. The number of carbonyl (C=O) groups excluding carboxylic acids is 1. The van der Waals surface area contributed by atoms with Gasteiger partial charge in [-0.25, -0.2) is 0 Å². The first-order valence-corrected chi connectivity index (χ1v) is 7.22. The highest BCUT2D eigenvalue weighted by Crippen LogP contribution is 2.20. The Bertz CT molecular complexity index is 636. The summed E-state index contributed by atoms with van der Waals surface area (Å²) in [5, 5.41) is 4.48. The molecule has 0 aliphatic heterocycles. The van der Waals surface area contributed by atoms with E-state index in [1.807, 2.05) is 30.3 Å². The van der Waals surface area contributed by atoms with E-state index in [9.17, 15) is 4.79 Å². The summed E-state index contributed by atoms with van der Waals surface area (Å²) in [7, 11) is 3.47. The van der Waals surface area contributed by atoms with Crippen LogP contribution in [0.15, 0.2) is 42.5 Å². The number of benzene rings is 2. The van der Waals surface area contributed by atoms with E-state index in [0.29, 0.717) is 22.2 Å². The highest BCUT2D eigenvalue weighted by atomic mass is 35.5. The number of anilines is 1. The molecule has 0 bridgehead atoms. The van der Waals surface area contributed by atoms with Crippen molar-refractivity contribution < 1.29 is 4.79 Å². The average molecular weight is 323 g/mol. The molecule has 0 saturated carbocycles. The van der Waals surface area contributed by atoms with Gasteiger partial charge in [0, 0.05) is 41.9 Å². The van der Waals surface area contributed by atoms with Gasteiger partial charge in [0.15, 0.2) is 0 Å². The fourth-order valence-electron chi connectivity index (χ4n) is 1.94. The van der Waals surface area contributed by atoms with Crippen LogP contribution in [0.2, 0.25) is 10.0 Å². The summed E-state index contributed by atoms with van der Waals surface area (Å²) in [6.07, 6.45) is 0. The summed E-state index contributed by atoms with van der Waals surface area (Å²) in [6, 6.07) is 12.8. The maximum atomic E-state index is 11.9. The highest BCUT2D eigenvalue weighted by Gasteiger charge is 2.08. The van der Waals surface area contributed by atoms with Crippen LogP contribution >= 0.6 is 23.2 Å². The quantitative estimate of drug-likeness (QED) is 0.909. The summed E-state index contributed by atoms with van der Waals surface area (Å²) < 4.78 is 0. The van der Waals surface area contributed by atoms with Gasteiger partial charge in [-0.15, -0.1) is 0 Å². The van der Waals surface area contributed by atoms with E-state index >= 15 is 0 Å². The van der Waals surface area contributed by atoms with Gasteiger partial charge in [0.05, 0.1) is 0 Å². The van der Waals surface area contributed by atoms with Gasteiger partial charge >= 0.3 is 0 Å². The molecular formula is C16H16Cl2N2O. The first kappa shape index (κ1) is 15.7. The molecule has 5 heteroatoms. The molecule has 0 aliphatic rings. The molecule has 0 radical (unpaired) electrons. The number of nitrogens with one attached hydrogen (secondary N) is 1. The summed E-state index contributed by atoms with van der Waals surface area (Å²) in [5.41, 5.74) is 2.50. The number of amides is 1. The lowest BCUT2D eigenvalue weighted by atomic mass is 10.1. The molecule has 2 aromatic carbocycles. The predicted octanol–water partition coefficient (Wildman–Crippen LogP) is 4.31. The van der Waals surface area contributed by atoms with Crippen molar-refractivity contribution in [2.24, 2.45) is 0 Å². The van der Waals surface area contributed by atoms with Crippen molar-refractivity contribution in [3.8, 4) is 0 Å². The molecule has 0 aliphatic carbocycles. The number of hydrogen-bond acceptors (Lipinski definition) is 2. The Morgan fingerprint density at radius 1 is 1.10 bits per heavy atom. The van der Waals surface area contributed by atoms with Crippen LogP contribution in [0.25, 0.3) is 0 Å². The summed E-state index contributed by atoms with van der Waals surface area (Å²) in [5.74, 6) is -0.0237. The SMILES string of the molecule is CN(C)C(=O)c1cccc(NCc2cc(Cl)cc(Cl)c2)c1. The predicted molar refractivity (Wildman–Crippen MR) is 88.2 cm³/mol. The molecule has 0 atom stereocenters. The van der Waals surface area contributed by atoms with Crippen molar-refractivity contribution in [3.63, 3.8) is 0 Å². The molecule has 0 saturated heterocycles. The number of carbonyl (C=O) groups is 1. The minimum atomic E-state index is -0.0237. The lowest BCUT2D eigenvalue weighted by Crippen LogP contribution is -2.21. The minimum Gasteiger partial charge on any atom is -0.381 e. The van der Waals surface area contributed by atoms with Crippen molar-refractivity contribution in [2.75, 3.05) is 19.4 Å². The van der Waals surface area contributed by atoms with E-state index in [1.165, 1.54) is 0 Å². The van der Waals surface area contributed by atoms with Crippen LogP contribution in [0.3, 0.4) is 0 Å².